The molecule has 2 heterocycles. The Labute approximate surface area is 126 Å². The second-order valence-corrected chi connectivity index (χ2v) is 5.93. The molecule has 0 saturated heterocycles. The van der Waals surface area contributed by atoms with Crippen LogP contribution in [0.5, 0.6) is 0 Å². The van der Waals surface area contributed by atoms with E-state index in [2.05, 4.69) is 45.2 Å². The predicted molar refractivity (Wildman–Crippen MR) is 81.6 cm³/mol. The molecule has 0 spiro atoms. The van der Waals surface area contributed by atoms with Crippen LogP contribution in [0.4, 0.5) is 5.69 Å². The molecule has 0 amide bonds. The fraction of sp³-hybridized carbons (Fsp3) is 0.385. The highest BCUT2D eigenvalue weighted by atomic mass is 79.9. The van der Waals surface area contributed by atoms with E-state index in [4.69, 9.17) is 11.6 Å². The molecular weight excluding hydrogens is 328 g/mol. The Bertz CT molecular complexity index is 580. The van der Waals surface area contributed by atoms with Crippen LogP contribution >= 0.6 is 27.5 Å². The van der Waals surface area contributed by atoms with Crippen LogP contribution in [0.15, 0.2) is 22.9 Å². The minimum absolute atomic E-state index is 0.410. The van der Waals surface area contributed by atoms with Crippen LogP contribution in [0.3, 0.4) is 0 Å². The van der Waals surface area contributed by atoms with Crippen molar-refractivity contribution in [3.63, 3.8) is 0 Å². The maximum atomic E-state index is 5.87. The van der Waals surface area contributed by atoms with E-state index in [1.54, 1.807) is 6.20 Å². The first-order valence-electron chi connectivity index (χ1n) is 6.04. The van der Waals surface area contributed by atoms with Gasteiger partial charge in [0.1, 0.15) is 5.15 Å². The predicted octanol–water partition coefficient (Wildman–Crippen LogP) is 3.97. The standard InChI is InChI=1S/C13H16BrClN4/c1-8(2)12-9(7-19(3)18-12)5-16-10-4-11(14)13(15)17-6-10/h4,6-8,16H,5H2,1-3H3. The number of nitrogens with zero attached hydrogens (tertiary/aromatic N) is 3. The van der Waals surface area contributed by atoms with Gasteiger partial charge in [-0.05, 0) is 27.9 Å². The van der Waals surface area contributed by atoms with Crippen molar-refractivity contribution >= 4 is 33.2 Å². The minimum atomic E-state index is 0.410. The number of aromatic nitrogens is 3. The summed E-state index contributed by atoms with van der Waals surface area (Å²) in [7, 11) is 1.94. The van der Waals surface area contributed by atoms with Gasteiger partial charge in [0.05, 0.1) is 22.1 Å². The molecule has 1 N–H and O–H groups in total. The lowest BCUT2D eigenvalue weighted by Gasteiger charge is -2.08. The Hall–Kier alpha value is -1.07. The van der Waals surface area contributed by atoms with E-state index in [1.165, 1.54) is 5.56 Å². The van der Waals surface area contributed by atoms with Gasteiger partial charge in [0, 0.05) is 25.4 Å². The van der Waals surface area contributed by atoms with Gasteiger partial charge in [0.25, 0.3) is 0 Å². The largest absolute Gasteiger partial charge is 0.380 e. The number of aryl methyl sites for hydroxylation is 1. The van der Waals surface area contributed by atoms with Gasteiger partial charge >= 0.3 is 0 Å². The van der Waals surface area contributed by atoms with Crippen LogP contribution in [0.25, 0.3) is 0 Å². The summed E-state index contributed by atoms with van der Waals surface area (Å²) >= 11 is 9.23. The van der Waals surface area contributed by atoms with E-state index in [0.717, 1.165) is 22.4 Å². The van der Waals surface area contributed by atoms with Crippen LogP contribution in [0.1, 0.15) is 31.0 Å². The smallest absolute Gasteiger partial charge is 0.143 e. The van der Waals surface area contributed by atoms with E-state index in [-0.39, 0.29) is 0 Å². The highest BCUT2D eigenvalue weighted by Crippen LogP contribution is 2.24. The lowest BCUT2D eigenvalue weighted by Crippen LogP contribution is -2.03. The summed E-state index contributed by atoms with van der Waals surface area (Å²) in [5, 5.41) is 8.29. The number of halogens is 2. The molecule has 0 radical (unpaired) electrons. The summed E-state index contributed by atoms with van der Waals surface area (Å²) < 4.78 is 2.64. The molecule has 19 heavy (non-hydrogen) atoms. The molecule has 0 aliphatic rings. The lowest BCUT2D eigenvalue weighted by molar-refractivity contribution is 0.712. The normalized spacial score (nSPS) is 11.1. The fourth-order valence-electron chi connectivity index (χ4n) is 1.89. The fourth-order valence-corrected chi connectivity index (χ4v) is 2.34. The Morgan fingerprint density at radius 3 is 2.84 bits per heavy atom. The van der Waals surface area contributed by atoms with E-state index >= 15 is 0 Å². The summed E-state index contributed by atoms with van der Waals surface area (Å²) in [5.41, 5.74) is 3.24. The number of rotatable bonds is 4. The van der Waals surface area contributed by atoms with Gasteiger partial charge in [-0.1, -0.05) is 25.4 Å². The van der Waals surface area contributed by atoms with Gasteiger partial charge < -0.3 is 5.32 Å². The van der Waals surface area contributed by atoms with Crippen molar-refractivity contribution in [2.45, 2.75) is 26.3 Å². The van der Waals surface area contributed by atoms with Gasteiger partial charge in [-0.25, -0.2) is 4.98 Å². The monoisotopic (exact) mass is 342 g/mol. The molecule has 0 aliphatic carbocycles. The third kappa shape index (κ3) is 3.48. The van der Waals surface area contributed by atoms with Gasteiger partial charge in [0.15, 0.2) is 0 Å². The van der Waals surface area contributed by atoms with E-state index in [9.17, 15) is 0 Å². The summed E-state index contributed by atoms with van der Waals surface area (Å²) in [6.07, 6.45) is 3.76. The van der Waals surface area contributed by atoms with Crippen molar-refractivity contribution in [1.29, 1.82) is 0 Å². The maximum Gasteiger partial charge on any atom is 0.143 e. The second kappa shape index (κ2) is 5.92. The molecule has 0 unspecified atom stereocenters. The minimum Gasteiger partial charge on any atom is -0.380 e. The molecule has 2 aromatic rings. The zero-order chi connectivity index (χ0) is 14.0. The van der Waals surface area contributed by atoms with Gasteiger partial charge in [-0.3, -0.25) is 4.68 Å². The molecule has 6 heteroatoms. The highest BCUT2D eigenvalue weighted by molar-refractivity contribution is 9.10. The summed E-state index contributed by atoms with van der Waals surface area (Å²) in [4.78, 5) is 4.09. The third-order valence-electron chi connectivity index (χ3n) is 2.76. The van der Waals surface area contributed by atoms with Crippen molar-refractivity contribution in [2.24, 2.45) is 7.05 Å². The van der Waals surface area contributed by atoms with Crippen LogP contribution in [-0.4, -0.2) is 14.8 Å². The van der Waals surface area contributed by atoms with Crippen LogP contribution in [0, 0.1) is 0 Å². The summed E-state index contributed by atoms with van der Waals surface area (Å²) in [5.74, 6) is 0.410. The van der Waals surface area contributed by atoms with Crippen molar-refractivity contribution in [2.75, 3.05) is 5.32 Å². The van der Waals surface area contributed by atoms with Crippen molar-refractivity contribution < 1.29 is 0 Å². The highest BCUT2D eigenvalue weighted by Gasteiger charge is 2.11. The lowest BCUT2D eigenvalue weighted by atomic mass is 10.1. The molecule has 0 bridgehead atoms. The van der Waals surface area contributed by atoms with Gasteiger partial charge in [-0.15, -0.1) is 0 Å². The number of pyridine rings is 1. The summed E-state index contributed by atoms with van der Waals surface area (Å²) in [6.45, 7) is 5.01. The average molecular weight is 344 g/mol. The molecule has 2 aromatic heterocycles. The molecule has 0 fully saturated rings. The molecule has 0 saturated carbocycles. The Morgan fingerprint density at radius 2 is 2.21 bits per heavy atom. The third-order valence-corrected chi connectivity index (χ3v) is 3.90. The zero-order valence-electron chi connectivity index (χ0n) is 11.1. The number of anilines is 1. The quantitative estimate of drug-likeness (QED) is 0.854. The second-order valence-electron chi connectivity index (χ2n) is 4.72. The van der Waals surface area contributed by atoms with E-state index < -0.39 is 0 Å². The molecular formula is C13H16BrClN4. The zero-order valence-corrected chi connectivity index (χ0v) is 13.5. The van der Waals surface area contributed by atoms with Crippen molar-refractivity contribution in [1.82, 2.24) is 14.8 Å². The van der Waals surface area contributed by atoms with Crippen LogP contribution in [0.2, 0.25) is 5.15 Å². The van der Waals surface area contributed by atoms with Gasteiger partial charge in [-0.2, -0.15) is 5.10 Å². The molecule has 0 atom stereocenters. The van der Waals surface area contributed by atoms with Crippen molar-refractivity contribution in [3.05, 3.63) is 39.3 Å². The Balaban J connectivity index is 2.12. The molecule has 0 aliphatic heterocycles. The molecule has 0 aromatic carbocycles. The first-order chi connectivity index (χ1) is 8.97. The van der Waals surface area contributed by atoms with Crippen molar-refractivity contribution in [3.8, 4) is 0 Å². The Morgan fingerprint density at radius 1 is 1.47 bits per heavy atom. The molecule has 2 rings (SSSR count). The molecule has 102 valence electrons. The van der Waals surface area contributed by atoms with E-state index in [1.807, 2.05) is 24.0 Å². The SMILES string of the molecule is CC(C)c1nn(C)cc1CNc1cnc(Cl)c(Br)c1. The topological polar surface area (TPSA) is 42.7 Å². The average Bonchev–Trinajstić information content (AvgIpc) is 2.72. The number of hydrogen-bond donors (Lipinski definition) is 1. The van der Waals surface area contributed by atoms with Crippen LogP contribution < -0.4 is 5.32 Å². The Kier molecular flexibility index (Phi) is 4.47. The maximum absolute atomic E-state index is 5.87. The summed E-state index contributed by atoms with van der Waals surface area (Å²) in [6, 6.07) is 1.92. The van der Waals surface area contributed by atoms with E-state index in [0.29, 0.717) is 11.1 Å². The van der Waals surface area contributed by atoms with Gasteiger partial charge in [0.2, 0.25) is 0 Å². The first kappa shape index (κ1) is 14.3. The number of nitrogens with one attached hydrogen (secondary N) is 1. The number of hydrogen-bond acceptors (Lipinski definition) is 3. The van der Waals surface area contributed by atoms with Crippen LogP contribution in [-0.2, 0) is 13.6 Å². The first-order valence-corrected chi connectivity index (χ1v) is 7.21. The molecule has 4 nitrogen and oxygen atoms in total.